The molecule has 1 aromatic heterocycles. The van der Waals surface area contributed by atoms with Crippen molar-refractivity contribution in [3.8, 4) is 5.69 Å². The first-order chi connectivity index (χ1) is 12.6. The number of anilines is 2. The molecule has 128 valence electrons. The highest BCUT2D eigenvalue weighted by Crippen LogP contribution is 2.42. The predicted molar refractivity (Wildman–Crippen MR) is 105 cm³/mol. The Bertz CT molecular complexity index is 1270. The van der Waals surface area contributed by atoms with E-state index in [1.807, 2.05) is 53.1 Å². The number of hydrogen-bond donors (Lipinski definition) is 0. The van der Waals surface area contributed by atoms with Gasteiger partial charge in [-0.25, -0.2) is 17.7 Å². The van der Waals surface area contributed by atoms with Crippen molar-refractivity contribution in [1.29, 1.82) is 0 Å². The summed E-state index contributed by atoms with van der Waals surface area (Å²) in [6, 6.07) is 21.8. The third-order valence-electron chi connectivity index (χ3n) is 4.40. The summed E-state index contributed by atoms with van der Waals surface area (Å²) in [7, 11) is -3.77. The molecule has 0 radical (unpaired) electrons. The number of halogens is 1. The second-order valence-electron chi connectivity index (χ2n) is 5.95. The van der Waals surface area contributed by atoms with Crippen LogP contribution in [0.4, 0.5) is 11.6 Å². The van der Waals surface area contributed by atoms with Crippen molar-refractivity contribution in [3.63, 3.8) is 0 Å². The first kappa shape index (κ1) is 15.6. The summed E-state index contributed by atoms with van der Waals surface area (Å²) in [5.41, 5.74) is 2.74. The highest BCUT2D eigenvalue weighted by Gasteiger charge is 2.38. The van der Waals surface area contributed by atoms with Crippen LogP contribution < -0.4 is 4.31 Å². The molecular formula is C19H12BrN3O2S. The first-order valence-corrected chi connectivity index (χ1v) is 10.2. The van der Waals surface area contributed by atoms with Gasteiger partial charge in [-0.3, -0.25) is 4.57 Å². The molecule has 0 saturated carbocycles. The molecule has 0 atom stereocenters. The van der Waals surface area contributed by atoms with Crippen LogP contribution in [0.5, 0.6) is 0 Å². The van der Waals surface area contributed by atoms with Crippen LogP contribution >= 0.6 is 15.9 Å². The Morgan fingerprint density at radius 1 is 0.885 bits per heavy atom. The monoisotopic (exact) mass is 425 g/mol. The van der Waals surface area contributed by atoms with Gasteiger partial charge in [0.15, 0.2) is 0 Å². The molecule has 0 amide bonds. The van der Waals surface area contributed by atoms with Crippen molar-refractivity contribution in [2.45, 2.75) is 4.90 Å². The van der Waals surface area contributed by atoms with Gasteiger partial charge in [-0.2, -0.15) is 0 Å². The van der Waals surface area contributed by atoms with E-state index in [0.717, 1.165) is 15.5 Å². The van der Waals surface area contributed by atoms with Gasteiger partial charge in [0.25, 0.3) is 10.0 Å². The molecular weight excluding hydrogens is 414 g/mol. The zero-order chi connectivity index (χ0) is 17.9. The number of aromatic nitrogens is 2. The van der Waals surface area contributed by atoms with Crippen LogP contribution in [0.1, 0.15) is 0 Å². The first-order valence-electron chi connectivity index (χ1n) is 7.95. The van der Waals surface area contributed by atoms with Crippen molar-refractivity contribution in [2.75, 3.05) is 4.31 Å². The average molecular weight is 426 g/mol. The lowest BCUT2D eigenvalue weighted by Crippen LogP contribution is -2.33. The molecule has 1 aliphatic rings. The second-order valence-corrected chi connectivity index (χ2v) is 8.62. The lowest BCUT2D eigenvalue weighted by molar-refractivity contribution is 0.592. The van der Waals surface area contributed by atoms with Crippen LogP contribution in [0.2, 0.25) is 0 Å². The van der Waals surface area contributed by atoms with E-state index in [-0.39, 0.29) is 4.90 Å². The van der Waals surface area contributed by atoms with E-state index in [9.17, 15) is 8.42 Å². The topological polar surface area (TPSA) is 55.2 Å². The van der Waals surface area contributed by atoms with E-state index < -0.39 is 10.0 Å². The van der Waals surface area contributed by atoms with Crippen molar-refractivity contribution < 1.29 is 8.42 Å². The second kappa shape index (κ2) is 5.43. The Hall–Kier alpha value is -2.64. The Kier molecular flexibility index (Phi) is 3.26. The molecule has 0 N–H and O–H groups in total. The number of hydrogen-bond acceptors (Lipinski definition) is 3. The zero-order valence-corrected chi connectivity index (χ0v) is 15.8. The van der Waals surface area contributed by atoms with Gasteiger partial charge >= 0.3 is 0 Å². The molecule has 0 spiro atoms. The average Bonchev–Trinajstić information content (AvgIpc) is 3.00. The van der Waals surface area contributed by atoms with E-state index in [2.05, 4.69) is 20.9 Å². The fourth-order valence-corrected chi connectivity index (χ4v) is 5.25. The molecule has 0 bridgehead atoms. The third-order valence-corrected chi connectivity index (χ3v) is 6.64. The smallest absolute Gasteiger partial charge is 0.273 e. The standard InChI is InChI=1S/C19H12BrN3O2S/c20-13-10-11-16-15(12-13)21-19-22(16)17-8-4-5-9-18(17)26(24,25)23(19)14-6-2-1-3-7-14/h1-12H. The molecule has 5 nitrogen and oxygen atoms in total. The minimum atomic E-state index is -3.77. The summed E-state index contributed by atoms with van der Waals surface area (Å²) in [6.45, 7) is 0. The number of fused-ring (bicyclic) bond motifs is 5. The van der Waals surface area contributed by atoms with Gasteiger partial charge in [0, 0.05) is 4.47 Å². The third kappa shape index (κ3) is 2.07. The highest BCUT2D eigenvalue weighted by molar-refractivity contribution is 9.10. The molecule has 0 fully saturated rings. The van der Waals surface area contributed by atoms with Gasteiger partial charge in [0.1, 0.15) is 4.90 Å². The van der Waals surface area contributed by atoms with Crippen LogP contribution in [-0.4, -0.2) is 18.0 Å². The maximum atomic E-state index is 13.4. The highest BCUT2D eigenvalue weighted by atomic mass is 79.9. The Morgan fingerprint density at radius 2 is 1.62 bits per heavy atom. The summed E-state index contributed by atoms with van der Waals surface area (Å²) in [5.74, 6) is 0.364. The Balaban J connectivity index is 1.95. The lowest BCUT2D eigenvalue weighted by Gasteiger charge is -2.30. The quantitative estimate of drug-likeness (QED) is 0.446. The van der Waals surface area contributed by atoms with Crippen LogP contribution in [0.3, 0.4) is 0 Å². The van der Waals surface area contributed by atoms with Crippen molar-refractivity contribution in [2.24, 2.45) is 0 Å². The Morgan fingerprint density at radius 3 is 2.42 bits per heavy atom. The molecule has 0 saturated heterocycles. The van der Waals surface area contributed by atoms with Crippen molar-refractivity contribution >= 4 is 48.6 Å². The van der Waals surface area contributed by atoms with Crippen molar-refractivity contribution in [3.05, 3.63) is 77.3 Å². The summed E-state index contributed by atoms with van der Waals surface area (Å²) in [6.07, 6.45) is 0. The summed E-state index contributed by atoms with van der Waals surface area (Å²) < 4.78 is 30.8. The number of nitrogens with zero attached hydrogens (tertiary/aromatic N) is 3. The summed E-state index contributed by atoms with van der Waals surface area (Å²) >= 11 is 3.46. The fraction of sp³-hybridized carbons (Fsp3) is 0. The van der Waals surface area contributed by atoms with Crippen LogP contribution in [0, 0.1) is 0 Å². The maximum Gasteiger partial charge on any atom is 0.273 e. The van der Waals surface area contributed by atoms with Crippen LogP contribution in [-0.2, 0) is 10.0 Å². The summed E-state index contributed by atoms with van der Waals surface area (Å²) in [5, 5.41) is 0. The van der Waals surface area contributed by atoms with Crippen LogP contribution in [0.15, 0.2) is 82.2 Å². The molecule has 0 unspecified atom stereocenters. The van der Waals surface area contributed by atoms with Gasteiger partial charge in [0.05, 0.1) is 22.4 Å². The minimum Gasteiger partial charge on any atom is -0.276 e. The molecule has 2 heterocycles. The fourth-order valence-electron chi connectivity index (χ4n) is 3.30. The molecule has 0 aliphatic carbocycles. The number of para-hydroxylation sites is 2. The van der Waals surface area contributed by atoms with Gasteiger partial charge in [-0.15, -0.1) is 0 Å². The molecule has 7 heteroatoms. The van der Waals surface area contributed by atoms with Crippen molar-refractivity contribution in [1.82, 2.24) is 9.55 Å². The maximum absolute atomic E-state index is 13.4. The lowest BCUT2D eigenvalue weighted by atomic mass is 10.2. The largest absolute Gasteiger partial charge is 0.276 e. The van der Waals surface area contributed by atoms with Gasteiger partial charge in [-0.05, 0) is 42.5 Å². The predicted octanol–water partition coefficient (Wildman–Crippen LogP) is 4.63. The Labute approximate surface area is 158 Å². The number of benzene rings is 3. The molecule has 3 aromatic carbocycles. The molecule has 26 heavy (non-hydrogen) atoms. The van der Waals surface area contributed by atoms with Gasteiger partial charge in [-0.1, -0.05) is 46.3 Å². The number of sulfonamides is 1. The van der Waals surface area contributed by atoms with Crippen LogP contribution in [0.25, 0.3) is 16.7 Å². The van der Waals surface area contributed by atoms with E-state index in [1.54, 1.807) is 24.3 Å². The summed E-state index contributed by atoms with van der Waals surface area (Å²) in [4.78, 5) is 4.91. The zero-order valence-electron chi connectivity index (χ0n) is 13.4. The molecule has 4 aromatic rings. The van der Waals surface area contributed by atoms with Gasteiger partial charge < -0.3 is 0 Å². The van der Waals surface area contributed by atoms with Gasteiger partial charge in [0.2, 0.25) is 5.95 Å². The number of rotatable bonds is 1. The van der Waals surface area contributed by atoms with E-state index in [1.165, 1.54) is 4.31 Å². The van der Waals surface area contributed by atoms with E-state index >= 15 is 0 Å². The minimum absolute atomic E-state index is 0.263. The van der Waals surface area contributed by atoms with E-state index in [0.29, 0.717) is 17.3 Å². The molecule has 5 rings (SSSR count). The SMILES string of the molecule is O=S1(=O)c2ccccc2-n2c(nc3cc(Br)ccc32)N1c1ccccc1. The number of imidazole rings is 1. The normalized spacial score (nSPS) is 14.9. The van der Waals surface area contributed by atoms with E-state index in [4.69, 9.17) is 0 Å². The molecule has 1 aliphatic heterocycles.